The predicted octanol–water partition coefficient (Wildman–Crippen LogP) is 4.41. The van der Waals surface area contributed by atoms with E-state index in [1.807, 2.05) is 18.2 Å². The third kappa shape index (κ3) is 3.05. The summed E-state index contributed by atoms with van der Waals surface area (Å²) in [6.07, 6.45) is 3.36. The molecule has 1 aromatic carbocycles. The number of nitrogens with zero attached hydrogens (tertiary/aromatic N) is 1. The van der Waals surface area contributed by atoms with Crippen LogP contribution in [-0.4, -0.2) is 17.7 Å². The molecule has 3 nitrogen and oxygen atoms in total. The van der Waals surface area contributed by atoms with Gasteiger partial charge in [0, 0.05) is 10.0 Å². The lowest BCUT2D eigenvalue weighted by molar-refractivity contribution is -0.110. The normalized spacial score (nSPS) is 29.3. The fourth-order valence-electron chi connectivity index (χ4n) is 3.83. The van der Waals surface area contributed by atoms with E-state index < -0.39 is 0 Å². The van der Waals surface area contributed by atoms with Crippen molar-refractivity contribution in [3.05, 3.63) is 28.2 Å². The number of carbonyl (C=O) groups is 1. The Morgan fingerprint density at radius 3 is 2.81 bits per heavy atom. The third-order valence-electron chi connectivity index (χ3n) is 4.38. The van der Waals surface area contributed by atoms with Crippen LogP contribution in [0.5, 0.6) is 0 Å². The Hall–Kier alpha value is -1.16. The van der Waals surface area contributed by atoms with Gasteiger partial charge in [-0.15, -0.1) is 0 Å². The summed E-state index contributed by atoms with van der Waals surface area (Å²) in [4.78, 5) is 17.0. The molecule has 2 unspecified atom stereocenters. The van der Waals surface area contributed by atoms with Gasteiger partial charge in [-0.1, -0.05) is 36.7 Å². The van der Waals surface area contributed by atoms with Crippen molar-refractivity contribution in [2.45, 2.75) is 46.1 Å². The predicted molar refractivity (Wildman–Crippen MR) is 89.9 cm³/mol. The summed E-state index contributed by atoms with van der Waals surface area (Å²) < 4.78 is 0.975. The van der Waals surface area contributed by atoms with Crippen molar-refractivity contribution < 1.29 is 4.79 Å². The SMILES string of the molecule is CC1CC(N=C2C(=O)Nc3ccc(Br)cc32)CC(C)(C)C1. The van der Waals surface area contributed by atoms with E-state index in [1.54, 1.807) is 0 Å². The van der Waals surface area contributed by atoms with Gasteiger partial charge in [-0.3, -0.25) is 9.79 Å². The number of fused-ring (bicyclic) bond motifs is 1. The smallest absolute Gasteiger partial charge is 0.274 e. The van der Waals surface area contributed by atoms with E-state index in [4.69, 9.17) is 4.99 Å². The zero-order chi connectivity index (χ0) is 15.2. The Balaban J connectivity index is 1.93. The van der Waals surface area contributed by atoms with Crippen molar-refractivity contribution in [3.8, 4) is 0 Å². The minimum Gasteiger partial charge on any atom is -0.320 e. The van der Waals surface area contributed by atoms with Crippen molar-refractivity contribution >= 4 is 33.2 Å². The number of hydrogen-bond donors (Lipinski definition) is 1. The van der Waals surface area contributed by atoms with Crippen LogP contribution >= 0.6 is 15.9 Å². The van der Waals surface area contributed by atoms with E-state index in [2.05, 4.69) is 42.0 Å². The topological polar surface area (TPSA) is 41.5 Å². The highest BCUT2D eigenvalue weighted by atomic mass is 79.9. The molecule has 0 aromatic heterocycles. The first kappa shape index (κ1) is 14.8. The number of anilines is 1. The Kier molecular flexibility index (Phi) is 3.68. The van der Waals surface area contributed by atoms with Crippen molar-refractivity contribution in [1.29, 1.82) is 0 Å². The molecule has 112 valence electrons. The summed E-state index contributed by atoms with van der Waals surface area (Å²) in [5, 5.41) is 2.91. The van der Waals surface area contributed by atoms with Gasteiger partial charge < -0.3 is 5.32 Å². The van der Waals surface area contributed by atoms with Crippen LogP contribution in [0.25, 0.3) is 0 Å². The van der Waals surface area contributed by atoms with Gasteiger partial charge in [0.2, 0.25) is 0 Å². The van der Waals surface area contributed by atoms with E-state index in [1.165, 1.54) is 6.42 Å². The average Bonchev–Trinajstić information content (AvgIpc) is 2.63. The van der Waals surface area contributed by atoms with Crippen molar-refractivity contribution in [2.75, 3.05) is 5.32 Å². The molecule has 21 heavy (non-hydrogen) atoms. The highest BCUT2D eigenvalue weighted by Crippen LogP contribution is 2.40. The highest BCUT2D eigenvalue weighted by molar-refractivity contribution is 9.10. The summed E-state index contributed by atoms with van der Waals surface area (Å²) in [5.41, 5.74) is 2.69. The van der Waals surface area contributed by atoms with Gasteiger partial charge in [0.15, 0.2) is 0 Å². The van der Waals surface area contributed by atoms with Crippen molar-refractivity contribution in [2.24, 2.45) is 16.3 Å². The van der Waals surface area contributed by atoms with Crippen LogP contribution in [0.2, 0.25) is 0 Å². The molecule has 0 radical (unpaired) electrons. The van der Waals surface area contributed by atoms with E-state index in [9.17, 15) is 4.79 Å². The van der Waals surface area contributed by atoms with Gasteiger partial charge in [-0.2, -0.15) is 0 Å². The molecule has 2 aliphatic rings. The molecule has 1 aliphatic carbocycles. The molecule has 1 aliphatic heterocycles. The van der Waals surface area contributed by atoms with Gasteiger partial charge >= 0.3 is 0 Å². The molecule has 1 N–H and O–H groups in total. The van der Waals surface area contributed by atoms with Gasteiger partial charge in [-0.25, -0.2) is 0 Å². The first-order valence-corrected chi connectivity index (χ1v) is 8.32. The van der Waals surface area contributed by atoms with E-state index in [0.717, 1.165) is 28.6 Å². The Labute approximate surface area is 134 Å². The van der Waals surface area contributed by atoms with Gasteiger partial charge in [0.1, 0.15) is 5.71 Å². The first-order chi connectivity index (χ1) is 9.84. The Morgan fingerprint density at radius 2 is 2.10 bits per heavy atom. The number of benzene rings is 1. The summed E-state index contributed by atoms with van der Waals surface area (Å²) in [6.45, 7) is 6.89. The molecule has 0 bridgehead atoms. The van der Waals surface area contributed by atoms with Crippen LogP contribution in [0, 0.1) is 11.3 Å². The maximum Gasteiger partial charge on any atom is 0.274 e. The summed E-state index contributed by atoms with van der Waals surface area (Å²) >= 11 is 3.47. The summed E-state index contributed by atoms with van der Waals surface area (Å²) in [7, 11) is 0. The minimum absolute atomic E-state index is 0.0702. The Bertz CT molecular complexity index is 621. The van der Waals surface area contributed by atoms with Crippen molar-refractivity contribution in [1.82, 2.24) is 0 Å². The molecule has 1 aromatic rings. The number of carbonyl (C=O) groups excluding carboxylic acids is 1. The zero-order valence-electron chi connectivity index (χ0n) is 12.7. The Morgan fingerprint density at radius 1 is 1.33 bits per heavy atom. The second-order valence-corrected chi connectivity index (χ2v) is 8.10. The highest BCUT2D eigenvalue weighted by Gasteiger charge is 2.34. The van der Waals surface area contributed by atoms with E-state index >= 15 is 0 Å². The van der Waals surface area contributed by atoms with Crippen LogP contribution in [-0.2, 0) is 4.79 Å². The van der Waals surface area contributed by atoms with Crippen LogP contribution in [0.1, 0.15) is 45.6 Å². The molecule has 1 fully saturated rings. The molecule has 1 saturated carbocycles. The zero-order valence-corrected chi connectivity index (χ0v) is 14.3. The third-order valence-corrected chi connectivity index (χ3v) is 4.87. The molecule has 0 spiro atoms. The van der Waals surface area contributed by atoms with Gasteiger partial charge in [0.05, 0.1) is 11.7 Å². The molecule has 2 atom stereocenters. The molecule has 3 rings (SSSR count). The average molecular weight is 349 g/mol. The maximum absolute atomic E-state index is 12.2. The van der Waals surface area contributed by atoms with Crippen molar-refractivity contribution in [3.63, 3.8) is 0 Å². The van der Waals surface area contributed by atoms with Crippen LogP contribution in [0.4, 0.5) is 5.69 Å². The lowest BCUT2D eigenvalue weighted by Gasteiger charge is -2.37. The summed E-state index contributed by atoms with van der Waals surface area (Å²) in [6, 6.07) is 6.08. The summed E-state index contributed by atoms with van der Waals surface area (Å²) in [5.74, 6) is 0.591. The molecular weight excluding hydrogens is 328 g/mol. The number of rotatable bonds is 1. The maximum atomic E-state index is 12.2. The lowest BCUT2D eigenvalue weighted by atomic mass is 9.71. The van der Waals surface area contributed by atoms with Gasteiger partial charge in [0.25, 0.3) is 5.91 Å². The second-order valence-electron chi connectivity index (χ2n) is 7.19. The van der Waals surface area contributed by atoms with Crippen LogP contribution in [0.3, 0.4) is 0 Å². The number of nitrogens with one attached hydrogen (secondary N) is 1. The second kappa shape index (κ2) is 5.24. The lowest BCUT2D eigenvalue weighted by Crippen LogP contribution is -2.31. The minimum atomic E-state index is -0.0702. The molecule has 4 heteroatoms. The van der Waals surface area contributed by atoms with Crippen LogP contribution in [0.15, 0.2) is 27.7 Å². The first-order valence-electron chi connectivity index (χ1n) is 7.53. The van der Waals surface area contributed by atoms with E-state index in [-0.39, 0.29) is 11.9 Å². The fraction of sp³-hybridized carbons (Fsp3) is 0.529. The molecule has 0 saturated heterocycles. The van der Waals surface area contributed by atoms with E-state index in [0.29, 0.717) is 17.0 Å². The number of amides is 1. The molecule has 1 amide bonds. The number of hydrogen-bond acceptors (Lipinski definition) is 2. The van der Waals surface area contributed by atoms with Gasteiger partial charge in [-0.05, 0) is 48.8 Å². The molecular formula is C17H21BrN2O. The quantitative estimate of drug-likeness (QED) is 0.802. The fourth-order valence-corrected chi connectivity index (χ4v) is 4.19. The number of aliphatic imine (C=N–C) groups is 1. The standard InChI is InChI=1S/C17H21BrN2O/c1-10-6-12(9-17(2,3)8-10)19-15-13-7-11(18)4-5-14(13)20-16(15)21/h4-5,7,10,12H,6,8-9H2,1-3H3,(H,19,20,21). The molecule has 1 heterocycles. The number of halogens is 1. The van der Waals surface area contributed by atoms with Crippen LogP contribution < -0.4 is 5.32 Å². The monoisotopic (exact) mass is 348 g/mol. The largest absolute Gasteiger partial charge is 0.320 e.